The molecule has 106 valence electrons. The van der Waals surface area contributed by atoms with Crippen LogP contribution in [0, 0.1) is 0 Å². The van der Waals surface area contributed by atoms with Crippen molar-refractivity contribution in [2.75, 3.05) is 18.0 Å². The highest BCUT2D eigenvalue weighted by Crippen LogP contribution is 2.23. The zero-order chi connectivity index (χ0) is 13.7. The van der Waals surface area contributed by atoms with Crippen LogP contribution in [0.25, 0.3) is 0 Å². The summed E-state index contributed by atoms with van der Waals surface area (Å²) in [6, 6.07) is 8.86. The SMILES string of the molecule is CCCC(C)Oc1ccc(N2CCC(N)CC2)cc1. The van der Waals surface area contributed by atoms with Crippen molar-refractivity contribution in [2.45, 2.75) is 51.7 Å². The fourth-order valence-corrected chi connectivity index (χ4v) is 2.59. The molecular weight excluding hydrogens is 236 g/mol. The molecule has 0 aliphatic carbocycles. The molecule has 1 heterocycles. The van der Waals surface area contributed by atoms with E-state index in [0.717, 1.165) is 44.5 Å². The molecular formula is C16H26N2O. The second-order valence-corrected chi connectivity index (χ2v) is 5.54. The molecule has 1 aliphatic heterocycles. The minimum Gasteiger partial charge on any atom is -0.491 e. The van der Waals surface area contributed by atoms with Gasteiger partial charge in [0.1, 0.15) is 5.75 Å². The van der Waals surface area contributed by atoms with Gasteiger partial charge < -0.3 is 15.4 Å². The molecule has 3 nitrogen and oxygen atoms in total. The molecule has 3 heteroatoms. The second-order valence-electron chi connectivity index (χ2n) is 5.54. The molecule has 0 spiro atoms. The quantitative estimate of drug-likeness (QED) is 0.885. The van der Waals surface area contributed by atoms with Gasteiger partial charge in [-0.25, -0.2) is 0 Å². The Morgan fingerprint density at radius 3 is 2.47 bits per heavy atom. The Balaban J connectivity index is 1.91. The first-order chi connectivity index (χ1) is 9.19. The van der Waals surface area contributed by atoms with Gasteiger partial charge >= 0.3 is 0 Å². The third-order valence-corrected chi connectivity index (χ3v) is 3.77. The van der Waals surface area contributed by atoms with E-state index in [0.29, 0.717) is 12.1 Å². The lowest BCUT2D eigenvalue weighted by atomic mass is 10.1. The van der Waals surface area contributed by atoms with Crippen molar-refractivity contribution in [3.05, 3.63) is 24.3 Å². The zero-order valence-electron chi connectivity index (χ0n) is 12.1. The van der Waals surface area contributed by atoms with E-state index in [1.54, 1.807) is 0 Å². The van der Waals surface area contributed by atoms with Crippen molar-refractivity contribution in [3.8, 4) is 5.75 Å². The molecule has 1 saturated heterocycles. The number of hydrogen-bond acceptors (Lipinski definition) is 3. The average Bonchev–Trinajstić information content (AvgIpc) is 2.41. The molecule has 0 saturated carbocycles. The van der Waals surface area contributed by atoms with Crippen LogP contribution < -0.4 is 15.4 Å². The van der Waals surface area contributed by atoms with Crippen LogP contribution in [0.2, 0.25) is 0 Å². The Morgan fingerprint density at radius 2 is 1.89 bits per heavy atom. The van der Waals surface area contributed by atoms with Crippen LogP contribution in [0.4, 0.5) is 5.69 Å². The Kier molecular flexibility index (Phi) is 5.08. The Bertz CT molecular complexity index is 369. The molecule has 19 heavy (non-hydrogen) atoms. The molecule has 1 aliphatic rings. The molecule has 1 fully saturated rings. The summed E-state index contributed by atoms with van der Waals surface area (Å²) in [6.07, 6.45) is 4.74. The van der Waals surface area contributed by atoms with Crippen molar-refractivity contribution in [1.29, 1.82) is 0 Å². The van der Waals surface area contributed by atoms with Gasteiger partial charge in [0.2, 0.25) is 0 Å². The number of nitrogens with zero attached hydrogens (tertiary/aromatic N) is 1. The topological polar surface area (TPSA) is 38.5 Å². The number of benzene rings is 1. The van der Waals surface area contributed by atoms with E-state index in [1.807, 2.05) is 0 Å². The fraction of sp³-hybridized carbons (Fsp3) is 0.625. The van der Waals surface area contributed by atoms with Crippen LogP contribution >= 0.6 is 0 Å². The highest BCUT2D eigenvalue weighted by atomic mass is 16.5. The summed E-state index contributed by atoms with van der Waals surface area (Å²) in [7, 11) is 0. The highest BCUT2D eigenvalue weighted by Gasteiger charge is 2.16. The van der Waals surface area contributed by atoms with Gasteiger partial charge in [0.25, 0.3) is 0 Å². The maximum absolute atomic E-state index is 5.94. The van der Waals surface area contributed by atoms with Gasteiger partial charge in [0.15, 0.2) is 0 Å². The number of nitrogens with two attached hydrogens (primary N) is 1. The molecule has 1 aromatic rings. The van der Waals surface area contributed by atoms with Crippen LogP contribution in [0.5, 0.6) is 5.75 Å². The lowest BCUT2D eigenvalue weighted by Gasteiger charge is -2.32. The molecule has 0 radical (unpaired) electrons. The van der Waals surface area contributed by atoms with Crippen LogP contribution in [0.15, 0.2) is 24.3 Å². The van der Waals surface area contributed by atoms with Gasteiger partial charge in [-0.05, 0) is 50.5 Å². The Hall–Kier alpha value is -1.22. The predicted molar refractivity (Wildman–Crippen MR) is 80.9 cm³/mol. The summed E-state index contributed by atoms with van der Waals surface area (Å²) < 4.78 is 5.88. The van der Waals surface area contributed by atoms with E-state index in [2.05, 4.69) is 43.0 Å². The molecule has 0 aromatic heterocycles. The predicted octanol–water partition coefficient (Wildman–Crippen LogP) is 3.18. The molecule has 1 aromatic carbocycles. The first kappa shape index (κ1) is 14.2. The number of anilines is 1. The van der Waals surface area contributed by atoms with Crippen molar-refractivity contribution in [1.82, 2.24) is 0 Å². The molecule has 2 N–H and O–H groups in total. The summed E-state index contributed by atoms with van der Waals surface area (Å²) in [4.78, 5) is 2.41. The molecule has 0 bridgehead atoms. The van der Waals surface area contributed by atoms with Gasteiger partial charge in [0, 0.05) is 24.8 Å². The Labute approximate surface area is 116 Å². The van der Waals surface area contributed by atoms with E-state index in [1.165, 1.54) is 5.69 Å². The van der Waals surface area contributed by atoms with E-state index >= 15 is 0 Å². The highest BCUT2D eigenvalue weighted by molar-refractivity contribution is 5.49. The van der Waals surface area contributed by atoms with Crippen molar-refractivity contribution < 1.29 is 4.74 Å². The van der Waals surface area contributed by atoms with Gasteiger partial charge in [-0.2, -0.15) is 0 Å². The van der Waals surface area contributed by atoms with Crippen LogP contribution in [-0.4, -0.2) is 25.2 Å². The maximum Gasteiger partial charge on any atom is 0.119 e. The van der Waals surface area contributed by atoms with E-state index in [9.17, 15) is 0 Å². The smallest absolute Gasteiger partial charge is 0.119 e. The lowest BCUT2D eigenvalue weighted by molar-refractivity contribution is 0.210. The summed E-state index contributed by atoms with van der Waals surface area (Å²) in [5, 5.41) is 0. The van der Waals surface area contributed by atoms with Gasteiger partial charge in [-0.1, -0.05) is 13.3 Å². The summed E-state index contributed by atoms with van der Waals surface area (Å²) in [5.74, 6) is 0.971. The first-order valence-electron chi connectivity index (χ1n) is 7.46. The molecule has 2 rings (SSSR count). The van der Waals surface area contributed by atoms with Gasteiger partial charge in [-0.15, -0.1) is 0 Å². The summed E-state index contributed by atoms with van der Waals surface area (Å²) in [6.45, 7) is 6.44. The largest absolute Gasteiger partial charge is 0.491 e. The van der Waals surface area contributed by atoms with Crippen LogP contribution in [-0.2, 0) is 0 Å². The number of rotatable bonds is 5. The fourth-order valence-electron chi connectivity index (χ4n) is 2.59. The second kappa shape index (κ2) is 6.80. The van der Waals surface area contributed by atoms with Crippen LogP contribution in [0.3, 0.4) is 0 Å². The average molecular weight is 262 g/mol. The Morgan fingerprint density at radius 1 is 1.26 bits per heavy atom. The number of piperidine rings is 1. The lowest BCUT2D eigenvalue weighted by Crippen LogP contribution is -2.39. The standard InChI is InChI=1S/C16H26N2O/c1-3-4-13(2)19-16-7-5-15(6-8-16)18-11-9-14(17)10-12-18/h5-8,13-14H,3-4,9-12,17H2,1-2H3. The minimum atomic E-state index is 0.295. The van der Waals surface area contributed by atoms with E-state index in [-0.39, 0.29) is 0 Å². The molecule has 1 atom stereocenters. The molecule has 0 amide bonds. The monoisotopic (exact) mass is 262 g/mol. The number of ether oxygens (including phenoxy) is 1. The van der Waals surface area contributed by atoms with Gasteiger partial charge in [0.05, 0.1) is 6.10 Å². The van der Waals surface area contributed by atoms with Crippen LogP contribution in [0.1, 0.15) is 39.5 Å². The zero-order valence-corrected chi connectivity index (χ0v) is 12.1. The third-order valence-electron chi connectivity index (χ3n) is 3.77. The van der Waals surface area contributed by atoms with Crippen molar-refractivity contribution in [3.63, 3.8) is 0 Å². The number of hydrogen-bond donors (Lipinski definition) is 1. The van der Waals surface area contributed by atoms with E-state index in [4.69, 9.17) is 10.5 Å². The maximum atomic E-state index is 5.94. The third kappa shape index (κ3) is 4.13. The van der Waals surface area contributed by atoms with Gasteiger partial charge in [-0.3, -0.25) is 0 Å². The van der Waals surface area contributed by atoms with Crippen molar-refractivity contribution in [2.24, 2.45) is 5.73 Å². The minimum absolute atomic E-state index is 0.295. The summed E-state index contributed by atoms with van der Waals surface area (Å²) in [5.41, 5.74) is 7.22. The summed E-state index contributed by atoms with van der Waals surface area (Å²) >= 11 is 0. The normalized spacial score (nSPS) is 18.4. The first-order valence-corrected chi connectivity index (χ1v) is 7.46. The molecule has 1 unspecified atom stereocenters. The van der Waals surface area contributed by atoms with Crippen molar-refractivity contribution >= 4 is 5.69 Å². The van der Waals surface area contributed by atoms with E-state index < -0.39 is 0 Å².